The van der Waals surface area contributed by atoms with Gasteiger partial charge in [-0.15, -0.1) is 0 Å². The van der Waals surface area contributed by atoms with Crippen molar-refractivity contribution in [3.63, 3.8) is 0 Å². The van der Waals surface area contributed by atoms with Crippen molar-refractivity contribution in [3.05, 3.63) is 229 Å². The number of furan rings is 1. The first kappa shape index (κ1) is 33.4. The highest BCUT2D eigenvalue weighted by molar-refractivity contribution is 6.11. The zero-order valence-corrected chi connectivity index (χ0v) is 32.8. The quantitative estimate of drug-likeness (QED) is 0.174. The smallest absolute Gasteiger partial charge is 0.135 e. The molecule has 2 heterocycles. The van der Waals surface area contributed by atoms with E-state index >= 15 is 0 Å². The number of nitrogens with zero attached hydrogens (tertiary/aromatic N) is 2. The van der Waals surface area contributed by atoms with Crippen LogP contribution in [0.1, 0.15) is 22.3 Å². The molecule has 2 aliphatic rings. The molecule has 13 rings (SSSR count). The topological polar surface area (TPSA) is 21.3 Å². The van der Waals surface area contributed by atoms with Crippen LogP contribution < -0.4 is 4.90 Å². The Labute approximate surface area is 348 Å². The predicted octanol–water partition coefficient (Wildman–Crippen LogP) is 14.9. The lowest BCUT2D eigenvalue weighted by Gasteiger charge is -2.30. The van der Waals surface area contributed by atoms with Crippen molar-refractivity contribution in [3.8, 4) is 27.9 Å². The number of benzene rings is 9. The van der Waals surface area contributed by atoms with Gasteiger partial charge in [0.2, 0.25) is 0 Å². The highest BCUT2D eigenvalue weighted by atomic mass is 16.3. The Morgan fingerprint density at radius 2 is 1.05 bits per heavy atom. The van der Waals surface area contributed by atoms with Gasteiger partial charge in [-0.25, -0.2) is 0 Å². The number of hydrogen-bond acceptors (Lipinski definition) is 2. The van der Waals surface area contributed by atoms with E-state index in [1.165, 1.54) is 66.3 Å². The maximum absolute atomic E-state index is 6.34. The highest BCUT2D eigenvalue weighted by Crippen LogP contribution is 2.56. The van der Waals surface area contributed by atoms with E-state index in [-0.39, 0.29) is 5.41 Å². The van der Waals surface area contributed by atoms with E-state index in [1.54, 1.807) is 0 Å². The minimum Gasteiger partial charge on any atom is -0.456 e. The second-order valence-electron chi connectivity index (χ2n) is 16.6. The summed E-state index contributed by atoms with van der Waals surface area (Å²) in [6.07, 6.45) is 2.00. The van der Waals surface area contributed by atoms with Crippen molar-refractivity contribution in [2.24, 2.45) is 0 Å². The van der Waals surface area contributed by atoms with E-state index in [0.29, 0.717) is 0 Å². The Hall–Kier alpha value is -7.62. The van der Waals surface area contributed by atoms with Gasteiger partial charge in [-0.2, -0.15) is 0 Å². The molecule has 0 unspecified atom stereocenters. The molecule has 3 heteroatoms. The number of anilines is 3. The van der Waals surface area contributed by atoms with Crippen molar-refractivity contribution in [1.29, 1.82) is 0 Å². The molecule has 0 saturated heterocycles. The van der Waals surface area contributed by atoms with Crippen LogP contribution in [-0.2, 0) is 18.3 Å². The van der Waals surface area contributed by atoms with Crippen LogP contribution in [0, 0.1) is 0 Å². The molecule has 0 fully saturated rings. The van der Waals surface area contributed by atoms with Crippen molar-refractivity contribution in [2.75, 3.05) is 4.90 Å². The largest absolute Gasteiger partial charge is 0.456 e. The molecule has 0 atom stereocenters. The fraction of sp³-hybridized carbons (Fsp3) is 0.0526. The molecule has 0 radical (unpaired) electrons. The Morgan fingerprint density at radius 1 is 0.400 bits per heavy atom. The molecular formula is C57H38N2O. The third-order valence-electron chi connectivity index (χ3n) is 13.4. The van der Waals surface area contributed by atoms with Gasteiger partial charge in [0.05, 0.1) is 11.0 Å². The van der Waals surface area contributed by atoms with E-state index in [1.807, 2.05) is 6.07 Å². The SMILES string of the molecule is c1ccc(-n2c3ccccc3c3cc(-c4cccc(N(c5ccc6c(c5)C5(Cc7ccccc7C5)c5ccccc5-6)c5ccc6oc7ccccc7c6c5)c4)ccc32)cc1. The molecule has 1 spiro atoms. The maximum Gasteiger partial charge on any atom is 0.135 e. The van der Waals surface area contributed by atoms with Crippen LogP contribution in [0.15, 0.2) is 211 Å². The van der Waals surface area contributed by atoms with Gasteiger partial charge in [-0.05, 0) is 136 Å². The zero-order chi connectivity index (χ0) is 39.4. The first-order valence-corrected chi connectivity index (χ1v) is 20.9. The van der Waals surface area contributed by atoms with E-state index < -0.39 is 0 Å². The number of para-hydroxylation sites is 3. The summed E-state index contributed by atoms with van der Waals surface area (Å²) in [5.74, 6) is 0. The Balaban J connectivity index is 0.999. The molecule has 11 aromatic rings. The van der Waals surface area contributed by atoms with Crippen molar-refractivity contribution >= 4 is 60.8 Å². The first-order chi connectivity index (χ1) is 29.7. The van der Waals surface area contributed by atoms with Crippen LogP contribution >= 0.6 is 0 Å². The summed E-state index contributed by atoms with van der Waals surface area (Å²) in [4.78, 5) is 2.45. The molecule has 0 amide bonds. The molecule has 60 heavy (non-hydrogen) atoms. The molecule has 2 aromatic heterocycles. The second-order valence-corrected chi connectivity index (χ2v) is 16.6. The standard InChI is InChI=1S/C57H38N2O/c1-2-16-41(17-3-1)59-53-23-10-7-20-47(53)49-32-38(25-29-54(49)59)37-15-12-18-42(31-37)58(43-27-30-56-50(33-43)48-21-8-11-24-55(48)60-56)44-26-28-46-45-19-6-9-22-51(45)57(52(46)34-44)35-39-13-4-5-14-40(39)36-57/h1-34H,35-36H2. The van der Waals surface area contributed by atoms with Crippen LogP contribution in [0.25, 0.3) is 71.7 Å². The third-order valence-corrected chi connectivity index (χ3v) is 13.4. The lowest BCUT2D eigenvalue weighted by atomic mass is 9.75. The summed E-state index contributed by atoms with van der Waals surface area (Å²) < 4.78 is 8.72. The zero-order valence-electron chi connectivity index (χ0n) is 32.8. The molecule has 9 aromatic carbocycles. The van der Waals surface area contributed by atoms with Crippen molar-refractivity contribution in [2.45, 2.75) is 18.3 Å². The van der Waals surface area contributed by atoms with E-state index in [4.69, 9.17) is 4.42 Å². The van der Waals surface area contributed by atoms with Crippen LogP contribution in [0.4, 0.5) is 17.1 Å². The van der Waals surface area contributed by atoms with Crippen molar-refractivity contribution in [1.82, 2.24) is 4.57 Å². The van der Waals surface area contributed by atoms with Gasteiger partial charge in [-0.1, -0.05) is 127 Å². The molecule has 0 N–H and O–H groups in total. The summed E-state index contributed by atoms with van der Waals surface area (Å²) in [5.41, 5.74) is 19.4. The Morgan fingerprint density at radius 3 is 1.93 bits per heavy atom. The predicted molar refractivity (Wildman–Crippen MR) is 248 cm³/mol. The monoisotopic (exact) mass is 766 g/mol. The lowest BCUT2D eigenvalue weighted by Crippen LogP contribution is -2.26. The second kappa shape index (κ2) is 12.7. The minimum absolute atomic E-state index is 0.113. The van der Waals surface area contributed by atoms with Crippen LogP contribution in [0.5, 0.6) is 0 Å². The number of aromatic nitrogens is 1. The average molecular weight is 767 g/mol. The van der Waals surface area contributed by atoms with Gasteiger partial charge in [0, 0.05) is 49.7 Å². The van der Waals surface area contributed by atoms with Gasteiger partial charge in [0.1, 0.15) is 11.2 Å². The summed E-state index contributed by atoms with van der Waals surface area (Å²) in [7, 11) is 0. The minimum atomic E-state index is -0.113. The van der Waals surface area contributed by atoms with Gasteiger partial charge in [0.15, 0.2) is 0 Å². The first-order valence-electron chi connectivity index (χ1n) is 20.9. The van der Waals surface area contributed by atoms with Gasteiger partial charge in [0.25, 0.3) is 0 Å². The summed E-state index contributed by atoms with van der Waals surface area (Å²) in [6, 6.07) is 75.8. The highest BCUT2D eigenvalue weighted by Gasteiger charge is 2.47. The van der Waals surface area contributed by atoms with E-state index in [9.17, 15) is 0 Å². The fourth-order valence-electron chi connectivity index (χ4n) is 10.7. The molecular weight excluding hydrogens is 729 g/mol. The molecule has 0 bridgehead atoms. The van der Waals surface area contributed by atoms with Crippen molar-refractivity contribution < 1.29 is 4.42 Å². The molecule has 282 valence electrons. The van der Waals surface area contributed by atoms with Gasteiger partial charge in [-0.3, -0.25) is 0 Å². The lowest BCUT2D eigenvalue weighted by molar-refractivity contribution is 0.563. The average Bonchev–Trinajstić information content (AvgIpc) is 4.05. The number of fused-ring (bicyclic) bond motifs is 12. The maximum atomic E-state index is 6.34. The van der Waals surface area contributed by atoms with Crippen LogP contribution in [-0.4, -0.2) is 4.57 Å². The summed E-state index contributed by atoms with van der Waals surface area (Å²) in [6.45, 7) is 0. The van der Waals surface area contributed by atoms with Crippen LogP contribution in [0.3, 0.4) is 0 Å². The number of hydrogen-bond donors (Lipinski definition) is 0. The number of rotatable bonds is 5. The third kappa shape index (κ3) is 4.84. The molecule has 0 saturated carbocycles. The molecule has 2 aliphatic carbocycles. The van der Waals surface area contributed by atoms with Gasteiger partial charge >= 0.3 is 0 Å². The Kier molecular flexibility index (Phi) is 7.06. The van der Waals surface area contributed by atoms with E-state index in [2.05, 4.69) is 210 Å². The van der Waals surface area contributed by atoms with E-state index in [0.717, 1.165) is 57.5 Å². The normalized spacial score (nSPS) is 13.7. The summed E-state index contributed by atoms with van der Waals surface area (Å²) >= 11 is 0. The molecule has 0 aliphatic heterocycles. The molecule has 3 nitrogen and oxygen atoms in total. The summed E-state index contributed by atoms with van der Waals surface area (Å²) in [5, 5.41) is 4.73. The van der Waals surface area contributed by atoms with Crippen LogP contribution in [0.2, 0.25) is 0 Å². The van der Waals surface area contributed by atoms with Gasteiger partial charge < -0.3 is 13.9 Å². The fourth-order valence-corrected chi connectivity index (χ4v) is 10.7. The Bertz CT molecular complexity index is 3490.